The van der Waals surface area contributed by atoms with E-state index < -0.39 is 10.0 Å². The van der Waals surface area contributed by atoms with Crippen molar-refractivity contribution in [2.45, 2.75) is 25.2 Å². The Morgan fingerprint density at radius 1 is 1.00 bits per heavy atom. The number of aryl methyl sites for hydroxylation is 2. The average Bonchev–Trinajstić information content (AvgIpc) is 3.62. The maximum Gasteiger partial charge on any atom is 0.240 e. The quantitative estimate of drug-likeness (QED) is 0.281. The number of rotatable bonds is 8. The molecule has 4 heterocycles. The highest BCUT2D eigenvalue weighted by Crippen LogP contribution is 2.34. The zero-order valence-corrected chi connectivity index (χ0v) is 21.0. The third kappa shape index (κ3) is 4.37. The lowest BCUT2D eigenvalue weighted by Gasteiger charge is -2.09. The number of sulfonamides is 1. The Morgan fingerprint density at radius 3 is 2.32 bits per heavy atom. The van der Waals surface area contributed by atoms with Crippen molar-refractivity contribution in [2.75, 3.05) is 6.54 Å². The van der Waals surface area contributed by atoms with Gasteiger partial charge in [0.15, 0.2) is 0 Å². The minimum absolute atomic E-state index is 0.215. The number of thiophene rings is 2. The summed E-state index contributed by atoms with van der Waals surface area (Å²) in [5.41, 5.74) is 5.33. The van der Waals surface area contributed by atoms with E-state index in [9.17, 15) is 8.42 Å². The molecule has 34 heavy (non-hydrogen) atoms. The summed E-state index contributed by atoms with van der Waals surface area (Å²) in [6, 6.07) is 14.8. The van der Waals surface area contributed by atoms with Crippen molar-refractivity contribution in [1.82, 2.24) is 20.1 Å². The van der Waals surface area contributed by atoms with Crippen molar-refractivity contribution in [3.8, 4) is 32.3 Å². The molecule has 0 aliphatic rings. The molecule has 4 aromatic heterocycles. The first kappa shape index (κ1) is 22.7. The van der Waals surface area contributed by atoms with E-state index in [0.717, 1.165) is 43.5 Å². The number of nitrogens with one attached hydrogen (secondary N) is 2. The Morgan fingerprint density at radius 2 is 1.71 bits per heavy atom. The van der Waals surface area contributed by atoms with Crippen LogP contribution in [0.1, 0.15) is 17.0 Å². The maximum absolute atomic E-state index is 13.0. The maximum atomic E-state index is 13.0. The van der Waals surface area contributed by atoms with Gasteiger partial charge in [0, 0.05) is 17.7 Å². The van der Waals surface area contributed by atoms with Gasteiger partial charge < -0.3 is 4.52 Å². The SMILES string of the molecule is Cc1noc(C)c1-c1ccc(S(=O)(=O)NCCc2c(-c3cccs3)n[nH]c2-c2cccs2)cc1. The summed E-state index contributed by atoms with van der Waals surface area (Å²) >= 11 is 3.23. The van der Waals surface area contributed by atoms with E-state index in [1.54, 1.807) is 46.9 Å². The normalized spacial score (nSPS) is 11.8. The topological polar surface area (TPSA) is 101 Å². The molecule has 1 aromatic carbocycles. The van der Waals surface area contributed by atoms with Crippen molar-refractivity contribution < 1.29 is 12.9 Å². The van der Waals surface area contributed by atoms with Crippen LogP contribution in [-0.4, -0.2) is 30.3 Å². The summed E-state index contributed by atoms with van der Waals surface area (Å²) in [5, 5.41) is 15.7. The molecule has 10 heteroatoms. The Kier molecular flexibility index (Phi) is 6.22. The van der Waals surface area contributed by atoms with E-state index in [2.05, 4.69) is 20.1 Å². The highest BCUT2D eigenvalue weighted by atomic mass is 32.2. The summed E-state index contributed by atoms with van der Waals surface area (Å²) in [4.78, 5) is 2.34. The first-order valence-electron chi connectivity index (χ1n) is 10.6. The van der Waals surface area contributed by atoms with Crippen molar-refractivity contribution >= 4 is 32.7 Å². The molecule has 0 amide bonds. The van der Waals surface area contributed by atoms with Crippen LogP contribution in [0.25, 0.3) is 32.3 Å². The van der Waals surface area contributed by atoms with Crippen LogP contribution in [0.4, 0.5) is 0 Å². The summed E-state index contributed by atoms with van der Waals surface area (Å²) in [7, 11) is -3.67. The van der Waals surface area contributed by atoms with Crippen LogP contribution in [0, 0.1) is 13.8 Å². The van der Waals surface area contributed by atoms with E-state index in [-0.39, 0.29) is 11.4 Å². The van der Waals surface area contributed by atoms with Crippen LogP contribution in [-0.2, 0) is 16.4 Å². The molecule has 7 nitrogen and oxygen atoms in total. The average molecular weight is 511 g/mol. The van der Waals surface area contributed by atoms with E-state index >= 15 is 0 Å². The molecule has 5 rings (SSSR count). The summed E-state index contributed by atoms with van der Waals surface area (Å²) in [6.07, 6.45) is 0.507. The van der Waals surface area contributed by atoms with Crippen LogP contribution < -0.4 is 4.72 Å². The largest absolute Gasteiger partial charge is 0.361 e. The lowest BCUT2D eigenvalue weighted by Crippen LogP contribution is -2.26. The molecule has 0 saturated carbocycles. The number of aromatic nitrogens is 3. The van der Waals surface area contributed by atoms with Crippen molar-refractivity contribution in [2.24, 2.45) is 0 Å². The van der Waals surface area contributed by atoms with Gasteiger partial charge >= 0.3 is 0 Å². The third-order valence-electron chi connectivity index (χ3n) is 5.54. The van der Waals surface area contributed by atoms with Gasteiger partial charge in [-0.25, -0.2) is 13.1 Å². The lowest BCUT2D eigenvalue weighted by atomic mass is 10.0. The van der Waals surface area contributed by atoms with Gasteiger partial charge in [-0.05, 0) is 60.9 Å². The molecular weight excluding hydrogens is 488 g/mol. The van der Waals surface area contributed by atoms with Gasteiger partial charge in [0.05, 0.1) is 26.0 Å². The first-order chi connectivity index (χ1) is 16.4. The number of nitrogens with zero attached hydrogens (tertiary/aromatic N) is 2. The first-order valence-corrected chi connectivity index (χ1v) is 13.9. The fourth-order valence-electron chi connectivity index (χ4n) is 3.94. The van der Waals surface area contributed by atoms with E-state index in [0.29, 0.717) is 12.2 Å². The van der Waals surface area contributed by atoms with E-state index in [4.69, 9.17) is 4.52 Å². The fraction of sp³-hybridized carbons (Fsp3) is 0.167. The molecule has 0 aliphatic carbocycles. The minimum Gasteiger partial charge on any atom is -0.361 e. The zero-order valence-electron chi connectivity index (χ0n) is 18.5. The molecule has 0 aliphatic heterocycles. The molecule has 0 fully saturated rings. The second-order valence-electron chi connectivity index (χ2n) is 7.75. The van der Waals surface area contributed by atoms with Gasteiger partial charge in [0.1, 0.15) is 11.5 Å². The minimum atomic E-state index is -3.67. The molecule has 0 saturated heterocycles. The van der Waals surface area contributed by atoms with Crippen LogP contribution in [0.2, 0.25) is 0 Å². The van der Waals surface area contributed by atoms with E-state index in [1.807, 2.05) is 48.9 Å². The molecule has 0 atom stereocenters. The van der Waals surface area contributed by atoms with Crippen molar-refractivity contribution in [3.05, 3.63) is 76.3 Å². The molecule has 0 unspecified atom stereocenters. The molecular formula is C24H22N4O3S3. The van der Waals surface area contributed by atoms with Crippen LogP contribution in [0.3, 0.4) is 0 Å². The monoisotopic (exact) mass is 510 g/mol. The fourth-order valence-corrected chi connectivity index (χ4v) is 6.46. The van der Waals surface area contributed by atoms with Gasteiger partial charge in [-0.3, -0.25) is 5.10 Å². The number of benzene rings is 1. The highest BCUT2D eigenvalue weighted by Gasteiger charge is 2.20. The standard InChI is InChI=1S/C24H22N4O3S3/c1-15-22(16(2)31-28-15)17-7-9-18(10-8-17)34(29,30)25-12-11-19-23(20-5-3-13-32-20)26-27-24(19)21-6-4-14-33-21/h3-10,13-14,25H,11-12H2,1-2H3,(H,26,27). The number of H-pyrrole nitrogens is 1. The van der Waals surface area contributed by atoms with Gasteiger partial charge in [0.25, 0.3) is 0 Å². The molecule has 0 radical (unpaired) electrons. The zero-order chi connectivity index (χ0) is 23.7. The second kappa shape index (κ2) is 9.30. The second-order valence-corrected chi connectivity index (χ2v) is 11.4. The molecule has 174 valence electrons. The van der Waals surface area contributed by atoms with Gasteiger partial charge in [-0.1, -0.05) is 29.4 Å². The van der Waals surface area contributed by atoms with Crippen molar-refractivity contribution in [3.63, 3.8) is 0 Å². The number of hydrogen-bond acceptors (Lipinski definition) is 7. The predicted octanol–water partition coefficient (Wildman–Crippen LogP) is 5.66. The molecule has 5 aromatic rings. The van der Waals surface area contributed by atoms with Gasteiger partial charge in [-0.15, -0.1) is 22.7 Å². The van der Waals surface area contributed by atoms with Crippen LogP contribution >= 0.6 is 22.7 Å². The predicted molar refractivity (Wildman–Crippen MR) is 136 cm³/mol. The third-order valence-corrected chi connectivity index (χ3v) is 8.78. The smallest absolute Gasteiger partial charge is 0.240 e. The van der Waals surface area contributed by atoms with Crippen LogP contribution in [0.5, 0.6) is 0 Å². The molecule has 0 bridgehead atoms. The van der Waals surface area contributed by atoms with E-state index in [1.165, 1.54) is 0 Å². The van der Waals surface area contributed by atoms with Gasteiger partial charge in [0.2, 0.25) is 10.0 Å². The highest BCUT2D eigenvalue weighted by molar-refractivity contribution is 7.89. The number of hydrogen-bond donors (Lipinski definition) is 2. The van der Waals surface area contributed by atoms with Crippen molar-refractivity contribution in [1.29, 1.82) is 0 Å². The number of aromatic amines is 1. The summed E-state index contributed by atoms with van der Waals surface area (Å²) in [6.45, 7) is 3.96. The summed E-state index contributed by atoms with van der Waals surface area (Å²) < 4.78 is 33.9. The summed E-state index contributed by atoms with van der Waals surface area (Å²) in [5.74, 6) is 0.703. The molecule has 2 N–H and O–H groups in total. The van der Waals surface area contributed by atoms with Crippen LogP contribution in [0.15, 0.2) is 68.7 Å². The Bertz CT molecular complexity index is 1430. The Balaban J connectivity index is 1.34. The Labute approximate surface area is 205 Å². The Hall–Kier alpha value is -3.05. The lowest BCUT2D eigenvalue weighted by molar-refractivity contribution is 0.393. The van der Waals surface area contributed by atoms with Gasteiger partial charge in [-0.2, -0.15) is 5.10 Å². The molecule has 0 spiro atoms.